The maximum Gasteiger partial charge on any atom is 0.231 e. The number of allylic oxidation sites excluding steroid dienone is 2. The highest BCUT2D eigenvalue weighted by Gasteiger charge is 2.23. The first kappa shape index (κ1) is 14.7. The molecule has 3 heterocycles. The number of nitrogens with zero attached hydrogens (tertiary/aromatic N) is 2. The lowest BCUT2D eigenvalue weighted by Gasteiger charge is -2.08. The van der Waals surface area contributed by atoms with Crippen LogP contribution < -0.4 is 0 Å². The predicted molar refractivity (Wildman–Crippen MR) is 97.2 cm³/mol. The number of rotatable bonds is 2. The monoisotopic (exact) mass is 317 g/mol. The number of oxazole rings is 1. The Kier molecular flexibility index (Phi) is 3.27. The molecule has 4 rings (SSSR count). The molecule has 0 bridgehead atoms. The predicted octanol–water partition coefficient (Wildman–Crippen LogP) is 4.95. The molecule has 1 N–H and O–H groups in total. The van der Waals surface area contributed by atoms with Gasteiger partial charge in [0.25, 0.3) is 0 Å². The molecular formula is C20H19N3O. The smallest absolute Gasteiger partial charge is 0.231 e. The Labute approximate surface area is 140 Å². The average Bonchev–Trinajstić information content (AvgIpc) is 3.18. The number of aryl methyl sites for hydroxylation is 2. The first-order valence-corrected chi connectivity index (χ1v) is 8.03. The Morgan fingerprint density at radius 2 is 1.88 bits per heavy atom. The van der Waals surface area contributed by atoms with Crippen LogP contribution in [0.25, 0.3) is 16.7 Å². The summed E-state index contributed by atoms with van der Waals surface area (Å²) in [5.41, 5.74) is 8.88. The Hall–Kier alpha value is -2.88. The van der Waals surface area contributed by atoms with E-state index < -0.39 is 0 Å². The van der Waals surface area contributed by atoms with Gasteiger partial charge in [0.1, 0.15) is 5.52 Å². The van der Waals surface area contributed by atoms with Crippen molar-refractivity contribution in [3.05, 3.63) is 70.5 Å². The second-order valence-electron chi connectivity index (χ2n) is 6.30. The van der Waals surface area contributed by atoms with E-state index in [4.69, 9.17) is 14.4 Å². The third-order valence-corrected chi connectivity index (χ3v) is 4.23. The van der Waals surface area contributed by atoms with Gasteiger partial charge in [0.2, 0.25) is 5.89 Å². The zero-order valence-corrected chi connectivity index (χ0v) is 14.3. The zero-order valence-electron chi connectivity index (χ0n) is 14.3. The number of H-pyrrole nitrogens is 1. The van der Waals surface area contributed by atoms with Gasteiger partial charge in [-0.25, -0.2) is 4.98 Å². The van der Waals surface area contributed by atoms with Crippen molar-refractivity contribution in [2.75, 3.05) is 0 Å². The second kappa shape index (κ2) is 5.34. The van der Waals surface area contributed by atoms with Crippen molar-refractivity contribution in [1.29, 1.82) is 0 Å². The van der Waals surface area contributed by atoms with E-state index in [1.807, 2.05) is 31.2 Å². The molecule has 3 aromatic rings. The van der Waals surface area contributed by atoms with E-state index in [0.717, 1.165) is 50.6 Å². The molecule has 0 spiro atoms. The fraction of sp³-hybridized carbons (Fsp3) is 0.200. The summed E-state index contributed by atoms with van der Waals surface area (Å²) in [6.45, 7) is 8.22. The van der Waals surface area contributed by atoms with Gasteiger partial charge in [0.05, 0.1) is 17.0 Å². The minimum absolute atomic E-state index is 0.599. The van der Waals surface area contributed by atoms with E-state index in [2.05, 4.69) is 37.9 Å². The molecule has 0 aliphatic carbocycles. The van der Waals surface area contributed by atoms with E-state index in [0.29, 0.717) is 5.89 Å². The summed E-state index contributed by atoms with van der Waals surface area (Å²) in [6, 6.07) is 9.95. The van der Waals surface area contributed by atoms with Gasteiger partial charge < -0.3 is 9.40 Å². The molecule has 0 saturated carbocycles. The van der Waals surface area contributed by atoms with Crippen molar-refractivity contribution in [2.24, 2.45) is 4.99 Å². The maximum absolute atomic E-state index is 6.06. The van der Waals surface area contributed by atoms with Crippen LogP contribution >= 0.6 is 0 Å². The third-order valence-electron chi connectivity index (χ3n) is 4.23. The van der Waals surface area contributed by atoms with Gasteiger partial charge in [-0.2, -0.15) is 0 Å². The standard InChI is InChI=1S/C20H19N3O/c1-11-9-13(3)21-18(11)17(19-12(2)10-14(4)22-19)20-23-15-7-5-6-8-16(15)24-20/h5-10,21H,1-4H3/b19-17+. The highest BCUT2D eigenvalue weighted by molar-refractivity contribution is 6.00. The molecule has 0 unspecified atom stereocenters. The van der Waals surface area contributed by atoms with Gasteiger partial charge in [-0.3, -0.25) is 4.99 Å². The number of nitrogens with one attached hydrogen (secondary N) is 1. The quantitative estimate of drug-likeness (QED) is 0.727. The molecule has 1 aliphatic rings. The molecule has 0 fully saturated rings. The number of benzene rings is 1. The van der Waals surface area contributed by atoms with Crippen LogP contribution in [0.1, 0.15) is 36.7 Å². The third kappa shape index (κ3) is 2.31. The van der Waals surface area contributed by atoms with Crippen LogP contribution in [-0.4, -0.2) is 15.7 Å². The van der Waals surface area contributed by atoms with Crippen molar-refractivity contribution in [3.63, 3.8) is 0 Å². The molecule has 4 nitrogen and oxygen atoms in total. The van der Waals surface area contributed by atoms with Crippen molar-refractivity contribution in [2.45, 2.75) is 27.7 Å². The number of aromatic nitrogens is 2. The summed E-state index contributed by atoms with van der Waals surface area (Å²) in [5.74, 6) is 0.599. The van der Waals surface area contributed by atoms with E-state index in [9.17, 15) is 0 Å². The molecule has 120 valence electrons. The van der Waals surface area contributed by atoms with Crippen LogP contribution in [0.5, 0.6) is 0 Å². The Morgan fingerprint density at radius 3 is 2.50 bits per heavy atom. The van der Waals surface area contributed by atoms with Crippen LogP contribution in [0.4, 0.5) is 0 Å². The summed E-state index contributed by atoms with van der Waals surface area (Å²) in [4.78, 5) is 12.9. The summed E-state index contributed by atoms with van der Waals surface area (Å²) < 4.78 is 6.06. The van der Waals surface area contributed by atoms with E-state index >= 15 is 0 Å². The lowest BCUT2D eigenvalue weighted by molar-refractivity contribution is 0.584. The van der Waals surface area contributed by atoms with Crippen LogP contribution in [0.2, 0.25) is 0 Å². The fourth-order valence-electron chi connectivity index (χ4n) is 3.23. The molecule has 24 heavy (non-hydrogen) atoms. The first-order chi connectivity index (χ1) is 11.5. The van der Waals surface area contributed by atoms with Crippen molar-refractivity contribution < 1.29 is 4.42 Å². The van der Waals surface area contributed by atoms with Gasteiger partial charge in [-0.1, -0.05) is 12.1 Å². The topological polar surface area (TPSA) is 54.2 Å². The van der Waals surface area contributed by atoms with Gasteiger partial charge in [-0.15, -0.1) is 0 Å². The molecule has 1 aromatic carbocycles. The van der Waals surface area contributed by atoms with E-state index in [1.165, 1.54) is 0 Å². The number of aliphatic imine (C=N–C) groups is 1. The SMILES string of the molecule is CC1=CC(C)=N/C1=C(/c1nc2ccccc2o1)c1[nH]c(C)cc1C. The molecule has 0 radical (unpaired) electrons. The Bertz CT molecular complexity index is 1010. The number of aromatic amines is 1. The highest BCUT2D eigenvalue weighted by Crippen LogP contribution is 2.35. The number of hydrogen-bond acceptors (Lipinski definition) is 3. The minimum Gasteiger partial charge on any atom is -0.436 e. The Balaban J connectivity index is 2.03. The largest absolute Gasteiger partial charge is 0.436 e. The van der Waals surface area contributed by atoms with Crippen molar-refractivity contribution in [3.8, 4) is 0 Å². The minimum atomic E-state index is 0.599. The lowest BCUT2D eigenvalue weighted by atomic mass is 10.0. The normalized spacial score (nSPS) is 16.5. The summed E-state index contributed by atoms with van der Waals surface area (Å²) >= 11 is 0. The van der Waals surface area contributed by atoms with E-state index in [-0.39, 0.29) is 0 Å². The van der Waals surface area contributed by atoms with Crippen molar-refractivity contribution in [1.82, 2.24) is 9.97 Å². The fourth-order valence-corrected chi connectivity index (χ4v) is 3.23. The van der Waals surface area contributed by atoms with Gasteiger partial charge in [0, 0.05) is 11.4 Å². The van der Waals surface area contributed by atoms with Crippen LogP contribution in [-0.2, 0) is 0 Å². The average molecular weight is 317 g/mol. The summed E-state index contributed by atoms with van der Waals surface area (Å²) in [5, 5.41) is 0. The number of hydrogen-bond donors (Lipinski definition) is 1. The highest BCUT2D eigenvalue weighted by atomic mass is 16.3. The van der Waals surface area contributed by atoms with E-state index in [1.54, 1.807) is 0 Å². The molecule has 0 amide bonds. The molecule has 1 aliphatic heterocycles. The van der Waals surface area contributed by atoms with Gasteiger partial charge in [0.15, 0.2) is 5.58 Å². The van der Waals surface area contributed by atoms with Gasteiger partial charge >= 0.3 is 0 Å². The lowest BCUT2D eigenvalue weighted by Crippen LogP contribution is -1.96. The second-order valence-corrected chi connectivity index (χ2v) is 6.30. The first-order valence-electron chi connectivity index (χ1n) is 8.03. The van der Waals surface area contributed by atoms with Crippen molar-refractivity contribution >= 4 is 22.4 Å². The summed E-state index contributed by atoms with van der Waals surface area (Å²) in [6.07, 6.45) is 2.09. The van der Waals surface area contributed by atoms with Crippen LogP contribution in [0, 0.1) is 13.8 Å². The maximum atomic E-state index is 6.06. The van der Waals surface area contributed by atoms with Crippen LogP contribution in [0.3, 0.4) is 0 Å². The Morgan fingerprint density at radius 1 is 1.08 bits per heavy atom. The molecule has 0 atom stereocenters. The molecule has 2 aromatic heterocycles. The number of fused-ring (bicyclic) bond motifs is 1. The molecule has 0 saturated heterocycles. The summed E-state index contributed by atoms with van der Waals surface area (Å²) in [7, 11) is 0. The van der Waals surface area contributed by atoms with Crippen LogP contribution in [0.15, 0.2) is 57.1 Å². The number of para-hydroxylation sites is 2. The van der Waals surface area contributed by atoms with Gasteiger partial charge in [-0.05, 0) is 63.1 Å². The molecular weight excluding hydrogens is 298 g/mol. The zero-order chi connectivity index (χ0) is 16.8. The molecule has 4 heteroatoms.